The molecule has 0 bridgehead atoms. The molecule has 0 saturated carbocycles. The molecule has 14 heavy (non-hydrogen) atoms. The Hall–Kier alpha value is -0.570. The average molecular weight is 198 g/mol. The lowest BCUT2D eigenvalue weighted by atomic mass is 10.0. The van der Waals surface area contributed by atoms with Crippen molar-refractivity contribution in [3.05, 3.63) is 0 Å². The van der Waals surface area contributed by atoms with Crippen molar-refractivity contribution in [2.75, 3.05) is 20.1 Å². The van der Waals surface area contributed by atoms with Gasteiger partial charge in [0.2, 0.25) is 5.91 Å². The van der Waals surface area contributed by atoms with Gasteiger partial charge in [-0.2, -0.15) is 0 Å². The fourth-order valence-electron chi connectivity index (χ4n) is 1.79. The molecule has 1 aliphatic heterocycles. The van der Waals surface area contributed by atoms with Crippen LogP contribution in [0.15, 0.2) is 0 Å². The molecule has 0 aromatic rings. The van der Waals surface area contributed by atoms with Gasteiger partial charge in [-0.25, -0.2) is 0 Å². The van der Waals surface area contributed by atoms with Gasteiger partial charge in [0.1, 0.15) is 0 Å². The van der Waals surface area contributed by atoms with E-state index in [-0.39, 0.29) is 0 Å². The van der Waals surface area contributed by atoms with Crippen LogP contribution in [0.4, 0.5) is 0 Å². The minimum atomic E-state index is 0.331. The van der Waals surface area contributed by atoms with Crippen molar-refractivity contribution >= 4 is 5.91 Å². The SMILES string of the molecule is CCC(C)CC(=O)N1CCC(NC)C1. The Bertz CT molecular complexity index is 194. The third kappa shape index (κ3) is 2.98. The highest BCUT2D eigenvalue weighted by Gasteiger charge is 2.25. The van der Waals surface area contributed by atoms with E-state index in [1.807, 2.05) is 11.9 Å². The molecule has 3 nitrogen and oxygen atoms in total. The largest absolute Gasteiger partial charge is 0.341 e. The van der Waals surface area contributed by atoms with Crippen molar-refractivity contribution in [2.45, 2.75) is 39.2 Å². The first-order valence-corrected chi connectivity index (χ1v) is 5.62. The highest BCUT2D eigenvalue weighted by molar-refractivity contribution is 5.76. The van der Waals surface area contributed by atoms with Gasteiger partial charge in [-0.05, 0) is 19.4 Å². The van der Waals surface area contributed by atoms with Crippen molar-refractivity contribution < 1.29 is 4.79 Å². The smallest absolute Gasteiger partial charge is 0.222 e. The monoisotopic (exact) mass is 198 g/mol. The summed E-state index contributed by atoms with van der Waals surface area (Å²) < 4.78 is 0. The van der Waals surface area contributed by atoms with Gasteiger partial charge in [0.25, 0.3) is 0 Å². The maximum atomic E-state index is 11.8. The molecule has 1 N–H and O–H groups in total. The molecule has 1 amide bonds. The highest BCUT2D eigenvalue weighted by atomic mass is 16.2. The van der Waals surface area contributed by atoms with Crippen LogP contribution in [-0.2, 0) is 4.79 Å². The van der Waals surface area contributed by atoms with Gasteiger partial charge < -0.3 is 10.2 Å². The molecular weight excluding hydrogens is 176 g/mol. The summed E-state index contributed by atoms with van der Waals surface area (Å²) in [4.78, 5) is 13.8. The molecule has 0 spiro atoms. The first kappa shape index (κ1) is 11.5. The second-order valence-corrected chi connectivity index (χ2v) is 4.33. The summed E-state index contributed by atoms with van der Waals surface area (Å²) in [6.45, 7) is 6.11. The third-order valence-corrected chi connectivity index (χ3v) is 3.17. The zero-order chi connectivity index (χ0) is 10.6. The van der Waals surface area contributed by atoms with Crippen molar-refractivity contribution in [3.63, 3.8) is 0 Å². The number of nitrogens with one attached hydrogen (secondary N) is 1. The van der Waals surface area contributed by atoms with E-state index in [9.17, 15) is 4.79 Å². The Kier molecular flexibility index (Phi) is 4.39. The first-order valence-electron chi connectivity index (χ1n) is 5.62. The van der Waals surface area contributed by atoms with Crippen molar-refractivity contribution in [2.24, 2.45) is 5.92 Å². The van der Waals surface area contributed by atoms with Gasteiger partial charge >= 0.3 is 0 Å². The Morgan fingerprint density at radius 2 is 2.36 bits per heavy atom. The lowest BCUT2D eigenvalue weighted by Crippen LogP contribution is -2.34. The summed E-state index contributed by atoms with van der Waals surface area (Å²) in [6, 6.07) is 0.510. The van der Waals surface area contributed by atoms with Crippen LogP contribution in [0, 0.1) is 5.92 Å². The zero-order valence-electron chi connectivity index (χ0n) is 9.55. The van der Waals surface area contributed by atoms with E-state index in [0.717, 1.165) is 25.9 Å². The van der Waals surface area contributed by atoms with Gasteiger partial charge in [-0.1, -0.05) is 20.3 Å². The number of carbonyl (C=O) groups excluding carboxylic acids is 1. The van der Waals surface area contributed by atoms with E-state index in [0.29, 0.717) is 24.3 Å². The van der Waals surface area contributed by atoms with E-state index in [1.165, 1.54) is 0 Å². The lowest BCUT2D eigenvalue weighted by Gasteiger charge is -2.18. The Balaban J connectivity index is 2.32. The van der Waals surface area contributed by atoms with Crippen molar-refractivity contribution in [1.82, 2.24) is 10.2 Å². The minimum absolute atomic E-state index is 0.331. The molecule has 2 unspecified atom stereocenters. The second kappa shape index (κ2) is 5.35. The number of carbonyl (C=O) groups is 1. The van der Waals surface area contributed by atoms with Crippen molar-refractivity contribution in [1.29, 1.82) is 0 Å². The van der Waals surface area contributed by atoms with Crippen LogP contribution >= 0.6 is 0 Å². The maximum Gasteiger partial charge on any atom is 0.222 e. The summed E-state index contributed by atoms with van der Waals surface area (Å²) in [7, 11) is 1.97. The van der Waals surface area contributed by atoms with E-state index in [1.54, 1.807) is 0 Å². The standard InChI is InChI=1S/C11H22N2O/c1-4-9(2)7-11(14)13-6-5-10(8-13)12-3/h9-10,12H,4-8H2,1-3H3. The van der Waals surface area contributed by atoms with Crippen LogP contribution in [0.5, 0.6) is 0 Å². The average Bonchev–Trinajstić information content (AvgIpc) is 2.65. The number of likely N-dealkylation sites (N-methyl/N-ethyl adjacent to an activating group) is 1. The molecule has 1 heterocycles. The van der Waals surface area contributed by atoms with Gasteiger partial charge in [0, 0.05) is 25.6 Å². The molecule has 2 atom stereocenters. The lowest BCUT2D eigenvalue weighted by molar-refractivity contribution is -0.131. The number of nitrogens with zero attached hydrogens (tertiary/aromatic N) is 1. The molecule has 3 heteroatoms. The summed E-state index contributed by atoms with van der Waals surface area (Å²) in [5.74, 6) is 0.855. The van der Waals surface area contributed by atoms with Gasteiger partial charge in [-0.3, -0.25) is 4.79 Å². The Morgan fingerprint density at radius 3 is 2.86 bits per heavy atom. The molecule has 82 valence electrons. The number of amides is 1. The predicted molar refractivity (Wildman–Crippen MR) is 58.1 cm³/mol. The summed E-state index contributed by atoms with van der Waals surface area (Å²) in [5.41, 5.74) is 0. The topological polar surface area (TPSA) is 32.3 Å². The van der Waals surface area contributed by atoms with Crippen LogP contribution in [0.25, 0.3) is 0 Å². The molecular formula is C11H22N2O. The Morgan fingerprint density at radius 1 is 1.64 bits per heavy atom. The Labute approximate surface area is 86.9 Å². The molecule has 0 radical (unpaired) electrons. The van der Waals surface area contributed by atoms with Gasteiger partial charge in [-0.15, -0.1) is 0 Å². The summed E-state index contributed by atoms with van der Waals surface area (Å²) >= 11 is 0. The normalized spacial score (nSPS) is 23.9. The predicted octanol–water partition coefficient (Wildman–Crippen LogP) is 1.24. The van der Waals surface area contributed by atoms with E-state index in [4.69, 9.17) is 0 Å². The number of hydrogen-bond donors (Lipinski definition) is 1. The van der Waals surface area contributed by atoms with Crippen LogP contribution < -0.4 is 5.32 Å². The molecule has 1 saturated heterocycles. The zero-order valence-corrected chi connectivity index (χ0v) is 9.55. The second-order valence-electron chi connectivity index (χ2n) is 4.33. The van der Waals surface area contributed by atoms with Crippen molar-refractivity contribution in [3.8, 4) is 0 Å². The highest BCUT2D eigenvalue weighted by Crippen LogP contribution is 2.14. The van der Waals surface area contributed by atoms with E-state index in [2.05, 4.69) is 19.2 Å². The van der Waals surface area contributed by atoms with Crippen LogP contribution in [0.1, 0.15) is 33.1 Å². The quantitative estimate of drug-likeness (QED) is 0.737. The molecule has 0 aromatic heterocycles. The molecule has 0 aromatic carbocycles. The summed E-state index contributed by atoms with van der Waals surface area (Å²) in [5, 5.41) is 3.22. The molecule has 1 rings (SSSR count). The number of rotatable bonds is 4. The summed E-state index contributed by atoms with van der Waals surface area (Å²) in [6.07, 6.45) is 2.91. The minimum Gasteiger partial charge on any atom is -0.341 e. The first-order chi connectivity index (χ1) is 6.67. The maximum absolute atomic E-state index is 11.8. The fourth-order valence-corrected chi connectivity index (χ4v) is 1.79. The number of hydrogen-bond acceptors (Lipinski definition) is 2. The van der Waals surface area contributed by atoms with Crippen LogP contribution in [0.3, 0.4) is 0 Å². The van der Waals surface area contributed by atoms with Gasteiger partial charge in [0.15, 0.2) is 0 Å². The third-order valence-electron chi connectivity index (χ3n) is 3.17. The van der Waals surface area contributed by atoms with E-state index < -0.39 is 0 Å². The van der Waals surface area contributed by atoms with E-state index >= 15 is 0 Å². The molecule has 0 aliphatic carbocycles. The fraction of sp³-hybridized carbons (Fsp3) is 0.909. The molecule has 1 fully saturated rings. The van der Waals surface area contributed by atoms with Crippen LogP contribution in [-0.4, -0.2) is 37.0 Å². The molecule has 1 aliphatic rings. The van der Waals surface area contributed by atoms with Gasteiger partial charge in [0.05, 0.1) is 0 Å². The number of likely N-dealkylation sites (tertiary alicyclic amines) is 1. The van der Waals surface area contributed by atoms with Crippen LogP contribution in [0.2, 0.25) is 0 Å².